The van der Waals surface area contributed by atoms with Crippen molar-refractivity contribution in [2.45, 2.75) is 51.1 Å². The van der Waals surface area contributed by atoms with Gasteiger partial charge in [-0.1, -0.05) is 31.8 Å². The molecule has 19 heavy (non-hydrogen) atoms. The average molecular weight is 284 g/mol. The van der Waals surface area contributed by atoms with Crippen LogP contribution in [0.15, 0.2) is 12.2 Å². The molecule has 0 aliphatic heterocycles. The lowest BCUT2D eigenvalue weighted by Crippen LogP contribution is -2.24. The highest BCUT2D eigenvalue weighted by Crippen LogP contribution is 2.37. The minimum atomic E-state index is -1.03. The predicted molar refractivity (Wildman–Crippen MR) is 80.9 cm³/mol. The van der Waals surface area contributed by atoms with Crippen molar-refractivity contribution in [1.82, 2.24) is 0 Å². The van der Waals surface area contributed by atoms with Gasteiger partial charge in [-0.05, 0) is 24.8 Å². The van der Waals surface area contributed by atoms with Crippen LogP contribution >= 0.6 is 0 Å². The Balaban J connectivity index is 2.62. The van der Waals surface area contributed by atoms with E-state index in [0.717, 1.165) is 12.8 Å². The Bertz CT molecular complexity index is 320. The molecule has 3 atom stereocenters. The lowest BCUT2D eigenvalue weighted by Gasteiger charge is -2.21. The van der Waals surface area contributed by atoms with Crippen LogP contribution in [0.25, 0.3) is 0 Å². The van der Waals surface area contributed by atoms with Crippen LogP contribution in [0.3, 0.4) is 0 Å². The second kappa shape index (κ2) is 7.24. The summed E-state index contributed by atoms with van der Waals surface area (Å²) >= 11 is 0. The highest BCUT2D eigenvalue weighted by Gasteiger charge is 2.36. The van der Waals surface area contributed by atoms with E-state index in [1.165, 1.54) is 13.2 Å². The summed E-state index contributed by atoms with van der Waals surface area (Å²) in [4.78, 5) is 11.5. The zero-order valence-corrected chi connectivity index (χ0v) is 13.9. The largest absolute Gasteiger partial charge is 0.469 e. The summed E-state index contributed by atoms with van der Waals surface area (Å²) in [5, 5.41) is 0. The van der Waals surface area contributed by atoms with E-state index in [1.54, 1.807) is 7.11 Å². The Morgan fingerprint density at radius 3 is 2.47 bits per heavy atom. The molecule has 1 saturated carbocycles. The van der Waals surface area contributed by atoms with Gasteiger partial charge in [-0.15, -0.1) is 0 Å². The van der Waals surface area contributed by atoms with Crippen molar-refractivity contribution in [1.29, 1.82) is 0 Å². The van der Waals surface area contributed by atoms with Gasteiger partial charge in [0.25, 0.3) is 0 Å². The first-order chi connectivity index (χ1) is 8.87. The number of esters is 1. The Morgan fingerprint density at radius 2 is 1.95 bits per heavy atom. The normalized spacial score (nSPS) is 27.9. The number of methoxy groups -OCH3 is 2. The van der Waals surface area contributed by atoms with E-state index in [2.05, 4.69) is 31.8 Å². The number of ether oxygens (including phenoxy) is 2. The van der Waals surface area contributed by atoms with Crippen LogP contribution in [0.5, 0.6) is 0 Å². The Hall–Kier alpha value is -0.613. The Morgan fingerprint density at radius 1 is 1.26 bits per heavy atom. The third-order valence-electron chi connectivity index (χ3n) is 3.86. The molecule has 1 aliphatic carbocycles. The summed E-state index contributed by atoms with van der Waals surface area (Å²) in [6.45, 7) is 7.11. The van der Waals surface area contributed by atoms with Gasteiger partial charge in [0.1, 0.15) is 0 Å². The van der Waals surface area contributed by atoms with E-state index in [1.807, 2.05) is 0 Å². The second-order valence-corrected chi connectivity index (χ2v) is 12.2. The van der Waals surface area contributed by atoms with E-state index >= 15 is 0 Å². The SMILES string of the molecule is COC(=O)C[C@@H]1[C@H](/C=C/C[Si](C)(C)C)CC[C@H]1OC. The average Bonchev–Trinajstić information content (AvgIpc) is 2.70. The summed E-state index contributed by atoms with van der Waals surface area (Å²) in [6.07, 6.45) is 7.45. The van der Waals surface area contributed by atoms with Gasteiger partial charge in [-0.2, -0.15) is 0 Å². The molecule has 0 aromatic rings. The maximum atomic E-state index is 11.5. The molecule has 0 radical (unpaired) electrons. The van der Waals surface area contributed by atoms with E-state index in [0.29, 0.717) is 12.3 Å². The molecule has 0 bridgehead atoms. The van der Waals surface area contributed by atoms with Crippen LogP contribution in [-0.4, -0.2) is 34.4 Å². The van der Waals surface area contributed by atoms with Gasteiger partial charge in [0.2, 0.25) is 0 Å². The molecule has 0 spiro atoms. The molecule has 0 aromatic heterocycles. The maximum Gasteiger partial charge on any atom is 0.305 e. The highest BCUT2D eigenvalue weighted by atomic mass is 28.3. The monoisotopic (exact) mass is 284 g/mol. The molecule has 4 heteroatoms. The Kier molecular flexibility index (Phi) is 6.27. The summed E-state index contributed by atoms with van der Waals surface area (Å²) < 4.78 is 10.3. The van der Waals surface area contributed by atoms with Gasteiger partial charge in [0.15, 0.2) is 0 Å². The number of hydrogen-bond acceptors (Lipinski definition) is 3. The minimum absolute atomic E-state index is 0.127. The van der Waals surface area contributed by atoms with Crippen molar-refractivity contribution < 1.29 is 14.3 Å². The molecule has 0 heterocycles. The number of rotatable bonds is 6. The number of allylic oxidation sites excluding steroid dienone is 2. The van der Waals surface area contributed by atoms with Crippen molar-refractivity contribution in [3.05, 3.63) is 12.2 Å². The maximum absolute atomic E-state index is 11.5. The fourth-order valence-corrected chi connectivity index (χ4v) is 3.59. The first kappa shape index (κ1) is 16.4. The van der Waals surface area contributed by atoms with Crippen LogP contribution in [0.4, 0.5) is 0 Å². The van der Waals surface area contributed by atoms with Crippen molar-refractivity contribution in [3.8, 4) is 0 Å². The van der Waals surface area contributed by atoms with Crippen molar-refractivity contribution in [2.75, 3.05) is 14.2 Å². The lowest BCUT2D eigenvalue weighted by molar-refractivity contribution is -0.143. The summed E-state index contributed by atoms with van der Waals surface area (Å²) in [7, 11) is 2.17. The highest BCUT2D eigenvalue weighted by molar-refractivity contribution is 6.76. The molecule has 1 rings (SSSR count). The predicted octanol–water partition coefficient (Wildman–Crippen LogP) is 3.49. The molecular weight excluding hydrogens is 256 g/mol. The minimum Gasteiger partial charge on any atom is -0.469 e. The van der Waals surface area contributed by atoms with Crippen LogP contribution in [0.2, 0.25) is 25.7 Å². The molecule has 0 saturated heterocycles. The second-order valence-electron chi connectivity index (χ2n) is 6.65. The zero-order chi connectivity index (χ0) is 14.5. The summed E-state index contributed by atoms with van der Waals surface area (Å²) in [5.41, 5.74) is 0. The molecule has 0 amide bonds. The van der Waals surface area contributed by atoms with Crippen LogP contribution in [0, 0.1) is 11.8 Å². The quantitative estimate of drug-likeness (QED) is 0.425. The smallest absolute Gasteiger partial charge is 0.305 e. The standard InChI is InChI=1S/C15H28O3Si/c1-17-14-9-8-12(7-6-10-19(3,4)5)13(14)11-15(16)18-2/h6-7,12-14H,8-11H2,1-5H3/b7-6+/t12-,13-,14-/m1/s1. The van der Waals surface area contributed by atoms with Crippen LogP contribution in [0.1, 0.15) is 19.3 Å². The van der Waals surface area contributed by atoms with E-state index in [-0.39, 0.29) is 18.0 Å². The zero-order valence-electron chi connectivity index (χ0n) is 12.9. The van der Waals surface area contributed by atoms with Crippen molar-refractivity contribution in [2.24, 2.45) is 11.8 Å². The fourth-order valence-electron chi connectivity index (χ4n) is 2.75. The fraction of sp³-hybridized carbons (Fsp3) is 0.800. The number of carbonyl (C=O) groups is 1. The van der Waals surface area contributed by atoms with Crippen molar-refractivity contribution >= 4 is 14.0 Å². The third kappa shape index (κ3) is 5.49. The number of carbonyl (C=O) groups excluding carboxylic acids is 1. The van der Waals surface area contributed by atoms with Gasteiger partial charge in [-0.25, -0.2) is 0 Å². The lowest BCUT2D eigenvalue weighted by atomic mass is 9.91. The van der Waals surface area contributed by atoms with Gasteiger partial charge in [-0.3, -0.25) is 4.79 Å². The summed E-state index contributed by atoms with van der Waals surface area (Å²) in [6, 6.07) is 1.20. The molecule has 1 fully saturated rings. The first-order valence-corrected chi connectivity index (χ1v) is 10.8. The van der Waals surface area contributed by atoms with Gasteiger partial charge in [0, 0.05) is 21.1 Å². The summed E-state index contributed by atoms with van der Waals surface area (Å²) in [5.74, 6) is 0.605. The molecule has 1 aliphatic rings. The third-order valence-corrected chi connectivity index (χ3v) is 5.32. The molecule has 110 valence electrons. The Labute approximate surface area is 118 Å². The van der Waals surface area contributed by atoms with Gasteiger partial charge < -0.3 is 9.47 Å². The van der Waals surface area contributed by atoms with E-state index in [9.17, 15) is 4.79 Å². The van der Waals surface area contributed by atoms with Crippen molar-refractivity contribution in [3.63, 3.8) is 0 Å². The van der Waals surface area contributed by atoms with Gasteiger partial charge in [0.05, 0.1) is 19.6 Å². The molecule has 0 N–H and O–H groups in total. The topological polar surface area (TPSA) is 35.5 Å². The van der Waals surface area contributed by atoms with Crippen LogP contribution < -0.4 is 0 Å². The molecule has 0 aromatic carbocycles. The molecule has 0 unspecified atom stereocenters. The molecular formula is C15H28O3Si. The number of hydrogen-bond donors (Lipinski definition) is 0. The van der Waals surface area contributed by atoms with Crippen LogP contribution in [-0.2, 0) is 14.3 Å². The molecule has 3 nitrogen and oxygen atoms in total. The van der Waals surface area contributed by atoms with E-state index < -0.39 is 8.07 Å². The van der Waals surface area contributed by atoms with Gasteiger partial charge >= 0.3 is 5.97 Å². The first-order valence-electron chi connectivity index (χ1n) is 7.13. The van der Waals surface area contributed by atoms with E-state index in [4.69, 9.17) is 9.47 Å².